The van der Waals surface area contributed by atoms with E-state index in [1.165, 1.54) is 31.2 Å². The second-order valence-electron chi connectivity index (χ2n) is 3.17. The number of carbonyl (C=O) groups is 2. The SMILES string of the molecule is CC(=O)Nc1ccc(C(=O)C[N+](=O)[O-])cc1. The summed E-state index contributed by atoms with van der Waals surface area (Å²) < 4.78 is 0. The standard InChI is InChI=1S/C10H10N2O4/c1-7(13)11-9-4-2-8(3-5-9)10(14)6-12(15)16/h2-5H,6H2,1H3,(H,11,13). The highest BCUT2D eigenvalue weighted by atomic mass is 16.6. The van der Waals surface area contributed by atoms with E-state index in [-0.39, 0.29) is 11.5 Å². The number of nitro groups is 1. The topological polar surface area (TPSA) is 89.3 Å². The Balaban J connectivity index is 2.74. The minimum atomic E-state index is -0.723. The first-order chi connectivity index (χ1) is 7.49. The van der Waals surface area contributed by atoms with Crippen LogP contribution >= 0.6 is 0 Å². The molecule has 1 N–H and O–H groups in total. The second kappa shape index (κ2) is 5.01. The summed E-state index contributed by atoms with van der Waals surface area (Å²) in [7, 11) is 0. The zero-order valence-corrected chi connectivity index (χ0v) is 8.60. The lowest BCUT2D eigenvalue weighted by Gasteiger charge is -2.02. The Labute approximate surface area is 91.4 Å². The first-order valence-electron chi connectivity index (χ1n) is 4.51. The van der Waals surface area contributed by atoms with Gasteiger partial charge in [0.2, 0.25) is 11.7 Å². The molecule has 0 aliphatic rings. The van der Waals surface area contributed by atoms with Gasteiger partial charge in [-0.25, -0.2) is 0 Å². The molecule has 0 heterocycles. The van der Waals surface area contributed by atoms with Gasteiger partial charge >= 0.3 is 0 Å². The molecule has 84 valence electrons. The van der Waals surface area contributed by atoms with E-state index in [2.05, 4.69) is 5.32 Å². The fourth-order valence-corrected chi connectivity index (χ4v) is 1.15. The number of benzene rings is 1. The Morgan fingerprint density at radius 1 is 1.31 bits per heavy atom. The van der Waals surface area contributed by atoms with Crippen molar-refractivity contribution in [3.05, 3.63) is 39.9 Å². The maximum absolute atomic E-state index is 11.3. The van der Waals surface area contributed by atoms with Crippen LogP contribution in [-0.4, -0.2) is 23.2 Å². The van der Waals surface area contributed by atoms with Gasteiger partial charge < -0.3 is 5.32 Å². The quantitative estimate of drug-likeness (QED) is 0.469. The fraction of sp³-hybridized carbons (Fsp3) is 0.200. The van der Waals surface area contributed by atoms with Crippen molar-refractivity contribution in [2.75, 3.05) is 11.9 Å². The third-order valence-electron chi connectivity index (χ3n) is 1.80. The molecule has 16 heavy (non-hydrogen) atoms. The van der Waals surface area contributed by atoms with Gasteiger partial charge in [0, 0.05) is 23.1 Å². The van der Waals surface area contributed by atoms with Gasteiger partial charge in [0.15, 0.2) is 0 Å². The molecule has 0 saturated carbocycles. The number of rotatable bonds is 4. The molecule has 0 spiro atoms. The summed E-state index contributed by atoms with van der Waals surface area (Å²) in [5.74, 6) is -0.774. The van der Waals surface area contributed by atoms with E-state index in [9.17, 15) is 19.7 Å². The number of nitrogens with one attached hydrogen (secondary N) is 1. The Hall–Kier alpha value is -2.24. The average molecular weight is 222 g/mol. The molecule has 0 atom stereocenters. The van der Waals surface area contributed by atoms with Crippen molar-refractivity contribution in [2.45, 2.75) is 6.92 Å². The van der Waals surface area contributed by atoms with Gasteiger partial charge in [-0.3, -0.25) is 19.7 Å². The van der Waals surface area contributed by atoms with Crippen LogP contribution in [0.25, 0.3) is 0 Å². The predicted octanol–water partition coefficient (Wildman–Crippen LogP) is 1.10. The van der Waals surface area contributed by atoms with E-state index in [0.717, 1.165) is 0 Å². The maximum atomic E-state index is 11.3. The number of hydrogen-bond donors (Lipinski definition) is 1. The summed E-state index contributed by atoms with van der Waals surface area (Å²) in [6, 6.07) is 5.93. The van der Waals surface area contributed by atoms with Crippen LogP contribution in [0.5, 0.6) is 0 Å². The second-order valence-corrected chi connectivity index (χ2v) is 3.17. The zero-order chi connectivity index (χ0) is 12.1. The Morgan fingerprint density at radius 2 is 1.88 bits per heavy atom. The molecule has 0 aromatic heterocycles. The van der Waals surface area contributed by atoms with E-state index < -0.39 is 17.3 Å². The molecule has 0 aliphatic carbocycles. The molecule has 1 aromatic carbocycles. The third-order valence-corrected chi connectivity index (χ3v) is 1.80. The minimum absolute atomic E-state index is 0.218. The fourth-order valence-electron chi connectivity index (χ4n) is 1.15. The summed E-state index contributed by atoms with van der Waals surface area (Å²) >= 11 is 0. The Kier molecular flexibility index (Phi) is 3.71. The number of ketones is 1. The summed E-state index contributed by atoms with van der Waals surface area (Å²) in [5.41, 5.74) is 0.802. The lowest BCUT2D eigenvalue weighted by atomic mass is 10.1. The molecule has 0 saturated heterocycles. The van der Waals surface area contributed by atoms with E-state index in [1.54, 1.807) is 0 Å². The number of carbonyl (C=O) groups excluding carboxylic acids is 2. The highest BCUT2D eigenvalue weighted by Crippen LogP contribution is 2.09. The molecule has 1 aromatic rings. The molecule has 0 unspecified atom stereocenters. The van der Waals surface area contributed by atoms with Crippen LogP contribution < -0.4 is 5.32 Å². The molecular weight excluding hydrogens is 212 g/mol. The normalized spacial score (nSPS) is 9.56. The number of Topliss-reactive ketones (excluding diaryl/α,β-unsaturated/α-hetero) is 1. The highest BCUT2D eigenvalue weighted by molar-refractivity contribution is 5.97. The van der Waals surface area contributed by atoms with Gasteiger partial charge in [-0.1, -0.05) is 0 Å². The molecule has 0 fully saturated rings. The summed E-state index contributed by atoms with van der Waals surface area (Å²) in [6.07, 6.45) is 0. The van der Waals surface area contributed by atoms with Crippen LogP contribution in [0.2, 0.25) is 0 Å². The van der Waals surface area contributed by atoms with E-state index in [0.29, 0.717) is 5.69 Å². The molecule has 0 radical (unpaired) electrons. The number of anilines is 1. The molecular formula is C10H10N2O4. The van der Waals surface area contributed by atoms with Gasteiger partial charge in [-0.2, -0.15) is 0 Å². The Bertz CT molecular complexity index is 425. The van der Waals surface area contributed by atoms with Gasteiger partial charge in [0.1, 0.15) is 0 Å². The number of amides is 1. The molecule has 1 amide bonds. The molecule has 6 heteroatoms. The van der Waals surface area contributed by atoms with Gasteiger partial charge in [-0.15, -0.1) is 0 Å². The van der Waals surface area contributed by atoms with Crippen molar-refractivity contribution < 1.29 is 14.5 Å². The molecule has 6 nitrogen and oxygen atoms in total. The van der Waals surface area contributed by atoms with Crippen LogP contribution in [0, 0.1) is 10.1 Å². The van der Waals surface area contributed by atoms with Crippen molar-refractivity contribution in [1.29, 1.82) is 0 Å². The molecule has 0 bridgehead atoms. The predicted molar refractivity (Wildman–Crippen MR) is 56.9 cm³/mol. The van der Waals surface area contributed by atoms with Crippen LogP contribution in [0.1, 0.15) is 17.3 Å². The van der Waals surface area contributed by atoms with Crippen LogP contribution in [0.3, 0.4) is 0 Å². The van der Waals surface area contributed by atoms with Gasteiger partial charge in [0.25, 0.3) is 6.54 Å². The van der Waals surface area contributed by atoms with Crippen LogP contribution in [0.4, 0.5) is 5.69 Å². The average Bonchev–Trinajstić information content (AvgIpc) is 2.16. The molecule has 0 aliphatic heterocycles. The van der Waals surface area contributed by atoms with Crippen LogP contribution in [0.15, 0.2) is 24.3 Å². The van der Waals surface area contributed by atoms with Crippen molar-refractivity contribution in [1.82, 2.24) is 0 Å². The minimum Gasteiger partial charge on any atom is -0.326 e. The van der Waals surface area contributed by atoms with Crippen molar-refractivity contribution >= 4 is 17.4 Å². The summed E-state index contributed by atoms with van der Waals surface area (Å²) in [6.45, 7) is 0.644. The number of hydrogen-bond acceptors (Lipinski definition) is 4. The van der Waals surface area contributed by atoms with Gasteiger partial charge in [-0.05, 0) is 24.3 Å². The summed E-state index contributed by atoms with van der Waals surface area (Å²) in [4.78, 5) is 31.4. The third kappa shape index (κ3) is 3.49. The van der Waals surface area contributed by atoms with Gasteiger partial charge in [0.05, 0.1) is 0 Å². The van der Waals surface area contributed by atoms with Crippen molar-refractivity contribution in [2.24, 2.45) is 0 Å². The summed E-state index contributed by atoms with van der Waals surface area (Å²) in [5, 5.41) is 12.7. The van der Waals surface area contributed by atoms with Crippen molar-refractivity contribution in [3.8, 4) is 0 Å². The lowest BCUT2D eigenvalue weighted by Crippen LogP contribution is -2.13. The zero-order valence-electron chi connectivity index (χ0n) is 8.60. The smallest absolute Gasteiger partial charge is 0.265 e. The lowest BCUT2D eigenvalue weighted by molar-refractivity contribution is -0.465. The molecule has 1 rings (SSSR count). The van der Waals surface area contributed by atoms with E-state index in [1.807, 2.05) is 0 Å². The van der Waals surface area contributed by atoms with E-state index >= 15 is 0 Å². The van der Waals surface area contributed by atoms with Crippen molar-refractivity contribution in [3.63, 3.8) is 0 Å². The first-order valence-corrected chi connectivity index (χ1v) is 4.51. The highest BCUT2D eigenvalue weighted by Gasteiger charge is 2.11. The monoisotopic (exact) mass is 222 g/mol. The largest absolute Gasteiger partial charge is 0.326 e. The van der Waals surface area contributed by atoms with E-state index in [4.69, 9.17) is 0 Å². The first kappa shape index (κ1) is 11.8. The van der Waals surface area contributed by atoms with Crippen LogP contribution in [-0.2, 0) is 4.79 Å². The number of nitrogens with zero attached hydrogens (tertiary/aromatic N) is 1. The Morgan fingerprint density at radius 3 is 2.31 bits per heavy atom. The maximum Gasteiger partial charge on any atom is 0.265 e.